The topological polar surface area (TPSA) is 119 Å². The molecule has 1 aromatic carbocycles. The Labute approximate surface area is 290 Å². The number of oxime groups is 1. The minimum Gasteiger partial charge on any atom is -0.490 e. The highest BCUT2D eigenvalue weighted by molar-refractivity contribution is 6.18. The molecule has 0 bridgehead atoms. The Morgan fingerprint density at radius 2 is 1.90 bits per heavy atom. The minimum atomic E-state index is -1.33. The van der Waals surface area contributed by atoms with E-state index < -0.39 is 17.9 Å². The summed E-state index contributed by atoms with van der Waals surface area (Å²) >= 11 is 5.93. The van der Waals surface area contributed by atoms with Crippen LogP contribution in [0.15, 0.2) is 60.3 Å². The van der Waals surface area contributed by atoms with Crippen LogP contribution in [0.5, 0.6) is 11.5 Å². The van der Waals surface area contributed by atoms with Crippen LogP contribution in [0.2, 0.25) is 0 Å². The summed E-state index contributed by atoms with van der Waals surface area (Å²) in [7, 11) is 1.53. The van der Waals surface area contributed by atoms with Gasteiger partial charge in [-0.05, 0) is 67.7 Å². The number of carbonyl (C=O) groups excluding carboxylic acids is 1. The average molecular weight is 689 g/mol. The zero-order chi connectivity index (χ0) is 34.5. The first kappa shape index (κ1) is 37.8. The SMILES string of the molecule is C=CCOc1ccc2c(c1)C1C(CCCCO)C(CCCCO)C=C3C(=NOC)CC(N(CCC)C(=O)OCCCl)C(OCC=C)(O2)C31. The molecule has 10 nitrogen and oxygen atoms in total. The largest absolute Gasteiger partial charge is 0.490 e. The van der Waals surface area contributed by atoms with Gasteiger partial charge < -0.3 is 34.0 Å². The third kappa shape index (κ3) is 8.21. The van der Waals surface area contributed by atoms with Crippen molar-refractivity contribution >= 4 is 23.4 Å². The lowest BCUT2D eigenvalue weighted by molar-refractivity contribution is -0.255. The standard InChI is InChI=1S/C37H53ClN2O8/c1-5-17-40(36(43)46-22-16-38)33-25-31(39-44-4)29-23-26(12-8-10-18-41)28(13-9-11-19-42)34-30-24-27(45-20-6-2)14-15-32(30)48-37(33,35(29)34)47-21-7-3/h6-7,14-15,23-24,26,28,33-35,41-42H,2-3,5,8-13,16-22,25H2,1,4H3. The Morgan fingerprint density at radius 1 is 1.15 bits per heavy atom. The molecular weight excluding hydrogens is 636 g/mol. The van der Waals surface area contributed by atoms with E-state index in [0.29, 0.717) is 50.3 Å². The number of amides is 1. The first-order valence-electron chi connectivity index (χ1n) is 17.3. The summed E-state index contributed by atoms with van der Waals surface area (Å²) in [4.78, 5) is 20.9. The van der Waals surface area contributed by atoms with Gasteiger partial charge in [0.15, 0.2) is 0 Å². The highest BCUT2D eigenvalue weighted by Gasteiger charge is 2.65. The number of aliphatic hydroxyl groups is 2. The van der Waals surface area contributed by atoms with Gasteiger partial charge in [0.1, 0.15) is 37.9 Å². The van der Waals surface area contributed by atoms with E-state index in [1.165, 1.54) is 7.11 Å². The third-order valence-corrected chi connectivity index (χ3v) is 9.75. The van der Waals surface area contributed by atoms with Crippen molar-refractivity contribution < 1.29 is 38.8 Å². The van der Waals surface area contributed by atoms with Crippen LogP contribution >= 0.6 is 11.6 Å². The summed E-state index contributed by atoms with van der Waals surface area (Å²) in [6, 6.07) is 5.24. The smallest absolute Gasteiger partial charge is 0.410 e. The van der Waals surface area contributed by atoms with E-state index in [1.54, 1.807) is 17.1 Å². The molecule has 0 aromatic heterocycles. The summed E-state index contributed by atoms with van der Waals surface area (Å²) in [5, 5.41) is 24.0. The van der Waals surface area contributed by atoms with E-state index in [2.05, 4.69) is 30.5 Å². The zero-order valence-corrected chi connectivity index (χ0v) is 29.2. The van der Waals surface area contributed by atoms with Crippen molar-refractivity contribution in [1.82, 2.24) is 4.90 Å². The van der Waals surface area contributed by atoms with Crippen LogP contribution in [0.3, 0.4) is 0 Å². The predicted molar refractivity (Wildman–Crippen MR) is 187 cm³/mol. The molecule has 0 saturated heterocycles. The van der Waals surface area contributed by atoms with Crippen molar-refractivity contribution in [3.63, 3.8) is 0 Å². The summed E-state index contributed by atoms with van der Waals surface area (Å²) in [6.45, 7) is 11.0. The van der Waals surface area contributed by atoms with Gasteiger partial charge >= 0.3 is 6.09 Å². The normalized spacial score (nSPS) is 26.4. The van der Waals surface area contributed by atoms with Gasteiger partial charge in [-0.3, -0.25) is 4.90 Å². The Hall–Kier alpha value is -3.05. The molecule has 1 saturated carbocycles. The molecule has 266 valence electrons. The second-order valence-corrected chi connectivity index (χ2v) is 12.9. The molecular formula is C37H53ClN2O8. The second kappa shape index (κ2) is 18.6. The third-order valence-electron chi connectivity index (χ3n) is 9.59. The van der Waals surface area contributed by atoms with Crippen LogP contribution in [-0.2, 0) is 14.3 Å². The molecule has 1 fully saturated rings. The number of allylic oxidation sites excluding steroid dienone is 1. The number of aliphatic hydroxyl groups excluding tert-OH is 2. The highest BCUT2D eigenvalue weighted by Crippen LogP contribution is 2.61. The van der Waals surface area contributed by atoms with E-state index in [0.717, 1.165) is 42.5 Å². The summed E-state index contributed by atoms with van der Waals surface area (Å²) in [5.41, 5.74) is 2.70. The molecule has 11 heteroatoms. The zero-order valence-electron chi connectivity index (χ0n) is 28.5. The predicted octanol–water partition coefficient (Wildman–Crippen LogP) is 6.60. The molecule has 0 spiro atoms. The van der Waals surface area contributed by atoms with Crippen molar-refractivity contribution in [3.05, 3.63) is 60.7 Å². The second-order valence-electron chi connectivity index (χ2n) is 12.6. The Balaban J connectivity index is 2.01. The molecule has 2 N–H and O–H groups in total. The Bertz CT molecular complexity index is 1290. The fourth-order valence-electron chi connectivity index (χ4n) is 7.83. The first-order chi connectivity index (χ1) is 23.4. The molecule has 6 unspecified atom stereocenters. The van der Waals surface area contributed by atoms with Gasteiger partial charge in [-0.15, -0.1) is 18.2 Å². The number of unbranched alkanes of at least 4 members (excludes halogenated alkanes) is 2. The molecule has 3 aliphatic rings. The van der Waals surface area contributed by atoms with Gasteiger partial charge in [0.25, 0.3) is 0 Å². The van der Waals surface area contributed by atoms with E-state index in [9.17, 15) is 15.0 Å². The molecule has 2 aliphatic carbocycles. The van der Waals surface area contributed by atoms with E-state index >= 15 is 0 Å². The Kier molecular flexibility index (Phi) is 14.7. The van der Waals surface area contributed by atoms with Gasteiger partial charge in [0, 0.05) is 37.7 Å². The van der Waals surface area contributed by atoms with Crippen LogP contribution in [0.25, 0.3) is 0 Å². The highest BCUT2D eigenvalue weighted by atomic mass is 35.5. The molecule has 4 rings (SSSR count). The lowest BCUT2D eigenvalue weighted by Gasteiger charge is -2.59. The van der Waals surface area contributed by atoms with E-state index in [-0.39, 0.29) is 56.0 Å². The quantitative estimate of drug-likeness (QED) is 0.0681. The molecule has 1 heterocycles. The first-order valence-corrected chi connectivity index (χ1v) is 17.8. The number of alkyl halides is 1. The average Bonchev–Trinajstić information content (AvgIpc) is 3.09. The molecule has 1 aliphatic heterocycles. The van der Waals surface area contributed by atoms with Crippen LogP contribution in [-0.4, -0.2) is 91.3 Å². The van der Waals surface area contributed by atoms with Gasteiger partial charge in [-0.1, -0.05) is 49.7 Å². The van der Waals surface area contributed by atoms with E-state index in [4.69, 9.17) is 35.4 Å². The van der Waals surface area contributed by atoms with Gasteiger partial charge in [0.05, 0.1) is 24.1 Å². The van der Waals surface area contributed by atoms with E-state index in [1.807, 2.05) is 19.1 Å². The number of nitrogens with zero attached hydrogens (tertiary/aromatic N) is 2. The Morgan fingerprint density at radius 3 is 2.56 bits per heavy atom. The van der Waals surface area contributed by atoms with Crippen LogP contribution in [0, 0.1) is 17.8 Å². The number of halogens is 1. The lowest BCUT2D eigenvalue weighted by Crippen LogP contribution is -2.70. The maximum absolute atomic E-state index is 13.8. The van der Waals surface area contributed by atoms with Crippen molar-refractivity contribution in [3.8, 4) is 11.5 Å². The van der Waals surface area contributed by atoms with Gasteiger partial charge in [-0.25, -0.2) is 4.79 Å². The molecule has 1 amide bonds. The van der Waals surface area contributed by atoms with Gasteiger partial charge in [0.2, 0.25) is 5.79 Å². The number of fused-ring (bicyclic) bond motifs is 2. The number of rotatable bonds is 20. The summed E-state index contributed by atoms with van der Waals surface area (Å²) in [6.07, 6.45) is 11.0. The maximum Gasteiger partial charge on any atom is 0.410 e. The van der Waals surface area contributed by atoms with Crippen molar-refractivity contribution in [2.45, 2.75) is 76.0 Å². The number of ether oxygens (including phenoxy) is 4. The van der Waals surface area contributed by atoms with Crippen molar-refractivity contribution in [2.75, 3.05) is 52.6 Å². The van der Waals surface area contributed by atoms with Crippen LogP contribution in [0.1, 0.15) is 69.8 Å². The molecule has 48 heavy (non-hydrogen) atoms. The molecule has 6 atom stereocenters. The maximum atomic E-state index is 13.8. The number of hydrogen-bond donors (Lipinski definition) is 2. The minimum absolute atomic E-state index is 0.0731. The number of hydrogen-bond acceptors (Lipinski definition) is 9. The van der Waals surface area contributed by atoms with Crippen LogP contribution < -0.4 is 9.47 Å². The van der Waals surface area contributed by atoms with Crippen molar-refractivity contribution in [1.29, 1.82) is 0 Å². The number of carbonyl (C=O) groups is 1. The fraction of sp³-hybridized carbons (Fsp3) is 0.622. The van der Waals surface area contributed by atoms with Crippen LogP contribution in [0.4, 0.5) is 4.79 Å². The fourth-order valence-corrected chi connectivity index (χ4v) is 7.90. The molecule has 1 aromatic rings. The summed E-state index contributed by atoms with van der Waals surface area (Å²) < 4.78 is 25.6. The molecule has 0 radical (unpaired) electrons. The number of benzene rings is 1. The van der Waals surface area contributed by atoms with Crippen molar-refractivity contribution in [2.24, 2.45) is 22.9 Å². The monoisotopic (exact) mass is 688 g/mol. The lowest BCUT2D eigenvalue weighted by atomic mass is 9.55. The van der Waals surface area contributed by atoms with Gasteiger partial charge in [-0.2, -0.15) is 0 Å². The summed E-state index contributed by atoms with van der Waals surface area (Å²) in [5.74, 6) is -0.0311.